The second-order valence-corrected chi connectivity index (χ2v) is 3.99. The lowest BCUT2D eigenvalue weighted by Crippen LogP contribution is -2.17. The van der Waals surface area contributed by atoms with Crippen molar-refractivity contribution in [2.45, 2.75) is 13.8 Å². The van der Waals surface area contributed by atoms with Gasteiger partial charge in [-0.1, -0.05) is 0 Å². The molecule has 0 spiro atoms. The monoisotopic (exact) mass is 288 g/mol. The Morgan fingerprint density at radius 3 is 2.56 bits per heavy atom. The average Bonchev–Trinajstić information content (AvgIpc) is 2.24. The molecule has 0 radical (unpaired) electrons. The predicted octanol–water partition coefficient (Wildman–Crippen LogP) is 2.64. The lowest BCUT2D eigenvalue weighted by atomic mass is 10.1. The predicted molar refractivity (Wildman–Crippen MR) is 59.8 cm³/mol. The van der Waals surface area contributed by atoms with Crippen LogP contribution in [0.25, 0.3) is 0 Å². The van der Waals surface area contributed by atoms with E-state index in [1.54, 1.807) is 6.92 Å². The van der Waals surface area contributed by atoms with E-state index in [9.17, 15) is 14.0 Å². The van der Waals surface area contributed by atoms with Crippen molar-refractivity contribution in [1.82, 2.24) is 0 Å². The molecule has 0 aromatic heterocycles. The first kappa shape index (κ1) is 12.8. The van der Waals surface area contributed by atoms with Crippen molar-refractivity contribution < 1.29 is 18.7 Å². The zero-order chi connectivity index (χ0) is 12.3. The highest BCUT2D eigenvalue weighted by atomic mass is 79.9. The van der Waals surface area contributed by atoms with Crippen LogP contribution < -0.4 is 0 Å². The standard InChI is InChI=1S/C11H10BrFO3/c1-3-16-11(15)10(14)7-4-6(2)9(13)8(12)5-7/h4-5H,3H2,1-2H3. The highest BCUT2D eigenvalue weighted by Gasteiger charge is 2.19. The van der Waals surface area contributed by atoms with Gasteiger partial charge in [-0.25, -0.2) is 9.18 Å². The number of ketones is 1. The van der Waals surface area contributed by atoms with Gasteiger partial charge in [-0.05, 0) is 47.5 Å². The summed E-state index contributed by atoms with van der Waals surface area (Å²) in [6.07, 6.45) is 0. The van der Waals surface area contributed by atoms with Crippen LogP contribution in [0.1, 0.15) is 22.8 Å². The smallest absolute Gasteiger partial charge is 0.379 e. The quantitative estimate of drug-likeness (QED) is 0.488. The number of rotatable bonds is 3. The summed E-state index contributed by atoms with van der Waals surface area (Å²) in [6.45, 7) is 3.25. The second kappa shape index (κ2) is 5.21. The van der Waals surface area contributed by atoms with Gasteiger partial charge in [0.05, 0.1) is 11.1 Å². The maximum Gasteiger partial charge on any atom is 0.379 e. The summed E-state index contributed by atoms with van der Waals surface area (Å²) in [5.74, 6) is -2.15. The molecule has 0 aliphatic rings. The number of hydrogen-bond donors (Lipinski definition) is 0. The molecule has 0 unspecified atom stereocenters. The maximum atomic E-state index is 13.2. The van der Waals surface area contributed by atoms with Gasteiger partial charge in [0.1, 0.15) is 5.82 Å². The largest absolute Gasteiger partial charge is 0.460 e. The summed E-state index contributed by atoms with van der Waals surface area (Å²) in [5.41, 5.74) is 0.409. The first-order valence-corrected chi connectivity index (χ1v) is 5.43. The minimum absolute atomic E-state index is 0.115. The molecule has 0 amide bonds. The van der Waals surface area contributed by atoms with Crippen LogP contribution >= 0.6 is 15.9 Å². The molecule has 3 nitrogen and oxygen atoms in total. The molecule has 1 aromatic rings. The van der Waals surface area contributed by atoms with Crippen molar-refractivity contribution in [3.8, 4) is 0 Å². The van der Waals surface area contributed by atoms with Crippen molar-refractivity contribution in [1.29, 1.82) is 0 Å². The van der Waals surface area contributed by atoms with Crippen molar-refractivity contribution >= 4 is 27.7 Å². The van der Waals surface area contributed by atoms with Crippen molar-refractivity contribution in [3.05, 3.63) is 33.5 Å². The number of aryl methyl sites for hydroxylation is 1. The number of esters is 1. The normalized spacial score (nSPS) is 10.0. The summed E-state index contributed by atoms with van der Waals surface area (Å²) in [5, 5.41) is 0. The van der Waals surface area contributed by atoms with Gasteiger partial charge in [0.2, 0.25) is 0 Å². The molecule has 16 heavy (non-hydrogen) atoms. The molecule has 0 atom stereocenters. The highest BCUT2D eigenvalue weighted by molar-refractivity contribution is 9.10. The molecule has 0 N–H and O–H groups in total. The van der Waals surface area contributed by atoms with Crippen LogP contribution in [-0.2, 0) is 9.53 Å². The Morgan fingerprint density at radius 2 is 2.06 bits per heavy atom. The molecule has 1 aromatic carbocycles. The fourth-order valence-electron chi connectivity index (χ4n) is 1.17. The minimum Gasteiger partial charge on any atom is -0.460 e. The first-order valence-electron chi connectivity index (χ1n) is 4.64. The Balaban J connectivity index is 3.06. The summed E-state index contributed by atoms with van der Waals surface area (Å²) in [4.78, 5) is 22.7. The molecule has 0 heterocycles. The van der Waals surface area contributed by atoms with E-state index in [4.69, 9.17) is 0 Å². The molecule has 0 fully saturated rings. The van der Waals surface area contributed by atoms with E-state index in [0.717, 1.165) is 0 Å². The molecular weight excluding hydrogens is 279 g/mol. The van der Waals surface area contributed by atoms with Crippen LogP contribution in [0, 0.1) is 12.7 Å². The number of halogens is 2. The minimum atomic E-state index is -0.930. The van der Waals surface area contributed by atoms with E-state index < -0.39 is 17.6 Å². The summed E-state index contributed by atoms with van der Waals surface area (Å²) in [7, 11) is 0. The number of hydrogen-bond acceptors (Lipinski definition) is 3. The average molecular weight is 289 g/mol. The number of ether oxygens (including phenoxy) is 1. The van der Waals surface area contributed by atoms with Gasteiger partial charge in [0.25, 0.3) is 5.78 Å². The molecule has 0 aliphatic carbocycles. The summed E-state index contributed by atoms with van der Waals surface area (Å²) >= 11 is 2.97. The van der Waals surface area contributed by atoms with Crippen molar-refractivity contribution in [3.63, 3.8) is 0 Å². The second-order valence-electron chi connectivity index (χ2n) is 3.14. The topological polar surface area (TPSA) is 43.4 Å². The van der Waals surface area contributed by atoms with Gasteiger partial charge < -0.3 is 4.74 Å². The molecule has 0 aliphatic heterocycles. The van der Waals surface area contributed by atoms with Crippen LogP contribution in [0.4, 0.5) is 4.39 Å². The third-order valence-electron chi connectivity index (χ3n) is 1.93. The van der Waals surface area contributed by atoms with E-state index in [1.165, 1.54) is 19.1 Å². The van der Waals surface area contributed by atoms with Gasteiger partial charge in [0, 0.05) is 5.56 Å². The van der Waals surface area contributed by atoms with Gasteiger partial charge in [-0.2, -0.15) is 0 Å². The van der Waals surface area contributed by atoms with Crippen LogP contribution in [0.5, 0.6) is 0 Å². The Bertz CT molecular complexity index is 420. The van der Waals surface area contributed by atoms with Crippen molar-refractivity contribution in [2.75, 3.05) is 6.61 Å². The Morgan fingerprint density at radius 1 is 1.44 bits per heavy atom. The number of carbonyl (C=O) groups excluding carboxylic acids is 2. The Labute approximate surface area is 101 Å². The lowest BCUT2D eigenvalue weighted by Gasteiger charge is -2.04. The highest BCUT2D eigenvalue weighted by Crippen LogP contribution is 2.21. The van der Waals surface area contributed by atoms with E-state index >= 15 is 0 Å². The van der Waals surface area contributed by atoms with Crippen molar-refractivity contribution in [2.24, 2.45) is 0 Å². The summed E-state index contributed by atoms with van der Waals surface area (Å²) in [6, 6.07) is 2.58. The van der Waals surface area contributed by atoms with Crippen LogP contribution in [0.3, 0.4) is 0 Å². The molecule has 1 rings (SSSR count). The molecule has 0 saturated carbocycles. The molecule has 0 bridgehead atoms. The number of carbonyl (C=O) groups is 2. The Hall–Kier alpha value is -1.23. The first-order chi connectivity index (χ1) is 7.47. The molecule has 86 valence electrons. The van der Waals surface area contributed by atoms with E-state index in [1.807, 2.05) is 0 Å². The van der Waals surface area contributed by atoms with Gasteiger partial charge in [-0.15, -0.1) is 0 Å². The SMILES string of the molecule is CCOC(=O)C(=O)c1cc(C)c(F)c(Br)c1. The van der Waals surface area contributed by atoms with E-state index in [0.29, 0.717) is 5.56 Å². The van der Waals surface area contributed by atoms with Crippen LogP contribution in [0.2, 0.25) is 0 Å². The number of Topliss-reactive ketones (excluding diaryl/α,β-unsaturated/α-hetero) is 1. The van der Waals surface area contributed by atoms with E-state index in [-0.39, 0.29) is 16.6 Å². The number of benzene rings is 1. The molecule has 0 saturated heterocycles. The summed E-state index contributed by atoms with van der Waals surface area (Å²) < 4.78 is 18.0. The fraction of sp³-hybridized carbons (Fsp3) is 0.273. The third kappa shape index (κ3) is 2.66. The molecule has 5 heteroatoms. The van der Waals surface area contributed by atoms with Crippen LogP contribution in [0.15, 0.2) is 16.6 Å². The maximum absolute atomic E-state index is 13.2. The third-order valence-corrected chi connectivity index (χ3v) is 2.51. The zero-order valence-corrected chi connectivity index (χ0v) is 10.4. The zero-order valence-electron chi connectivity index (χ0n) is 8.84. The van der Waals surface area contributed by atoms with Gasteiger partial charge in [-0.3, -0.25) is 4.79 Å². The van der Waals surface area contributed by atoms with E-state index in [2.05, 4.69) is 20.7 Å². The van der Waals surface area contributed by atoms with Crippen LogP contribution in [-0.4, -0.2) is 18.4 Å². The van der Waals surface area contributed by atoms with Gasteiger partial charge >= 0.3 is 5.97 Å². The molecular formula is C11H10BrFO3. The fourth-order valence-corrected chi connectivity index (χ4v) is 1.73. The lowest BCUT2D eigenvalue weighted by molar-refractivity contribution is -0.137. The Kier molecular flexibility index (Phi) is 4.18. The van der Waals surface area contributed by atoms with Gasteiger partial charge in [0.15, 0.2) is 0 Å².